The molecule has 0 unspecified atom stereocenters. The minimum absolute atomic E-state index is 0.00242. The van der Waals surface area contributed by atoms with Gasteiger partial charge in [-0.05, 0) is 55.6 Å². The molecule has 12 nitrogen and oxygen atoms in total. The summed E-state index contributed by atoms with van der Waals surface area (Å²) in [6.07, 6.45) is 5.43. The zero-order valence-corrected chi connectivity index (χ0v) is 30.0. The van der Waals surface area contributed by atoms with E-state index in [4.69, 9.17) is 30.8 Å². The van der Waals surface area contributed by atoms with Crippen LogP contribution in [-0.2, 0) is 29.0 Å². The van der Waals surface area contributed by atoms with Gasteiger partial charge in [-0.25, -0.2) is 9.78 Å². The van der Waals surface area contributed by atoms with Gasteiger partial charge in [0, 0.05) is 61.3 Å². The average molecular weight is 712 g/mol. The largest absolute Gasteiger partial charge is 0.497 e. The maximum atomic E-state index is 14.5. The fourth-order valence-corrected chi connectivity index (χ4v) is 6.30. The fraction of sp³-hybridized carbons (Fsp3) is 0.316. The molecule has 0 aliphatic carbocycles. The Bertz CT molecular complexity index is 1900. The van der Waals surface area contributed by atoms with Gasteiger partial charge in [0.1, 0.15) is 22.3 Å². The van der Waals surface area contributed by atoms with E-state index in [0.29, 0.717) is 48.7 Å². The normalized spacial score (nSPS) is 14.6. The number of hydrogen-bond acceptors (Lipinski definition) is 10. The zero-order chi connectivity index (χ0) is 35.9. The Morgan fingerprint density at radius 1 is 1.04 bits per heavy atom. The van der Waals surface area contributed by atoms with Crippen LogP contribution in [0.3, 0.4) is 0 Å². The quantitative estimate of drug-likeness (QED) is 0.163. The molecular weight excluding hydrogens is 670 g/mol. The van der Waals surface area contributed by atoms with Crippen LogP contribution in [0, 0.1) is 0 Å². The number of halogens is 1. The van der Waals surface area contributed by atoms with Gasteiger partial charge in [0.25, 0.3) is 0 Å². The number of morpholine rings is 1. The monoisotopic (exact) mass is 711 g/mol. The van der Waals surface area contributed by atoms with Gasteiger partial charge in [-0.3, -0.25) is 14.6 Å². The number of amides is 2. The minimum Gasteiger partial charge on any atom is -0.497 e. The highest BCUT2D eigenvalue weighted by Gasteiger charge is 2.35. The predicted octanol–water partition coefficient (Wildman–Crippen LogP) is 6.10. The van der Waals surface area contributed by atoms with Crippen molar-refractivity contribution in [3.8, 4) is 11.5 Å². The van der Waals surface area contributed by atoms with E-state index in [0.717, 1.165) is 41.2 Å². The van der Waals surface area contributed by atoms with Crippen molar-refractivity contribution in [2.45, 2.75) is 19.5 Å². The number of benzene rings is 3. The first-order valence-corrected chi connectivity index (χ1v) is 17.1. The van der Waals surface area contributed by atoms with Gasteiger partial charge in [-0.1, -0.05) is 41.9 Å². The first kappa shape index (κ1) is 35.6. The number of anilines is 5. The molecule has 2 aliphatic rings. The Morgan fingerprint density at radius 2 is 1.80 bits per heavy atom. The average Bonchev–Trinajstić information content (AvgIpc) is 3.13. The maximum Gasteiger partial charge on any atom is 0.330 e. The molecule has 266 valence electrons. The Hall–Kier alpha value is -5.17. The Morgan fingerprint density at radius 3 is 2.53 bits per heavy atom. The number of fused-ring (bicyclic) bond motifs is 1. The van der Waals surface area contributed by atoms with Crippen LogP contribution >= 0.6 is 11.6 Å². The molecule has 1 saturated heterocycles. The standard InChI is InChI=1S/C38H42ClN7O5/c1-43(2)14-6-9-31(47)20-26-7-5-8-27(19-26)24-46-36-28(25-45(38(46)48)33-21-32(49-3)22-34(50-4)35(33)39)23-40-37(42-36)41-29-10-12-30(13-11-29)44-15-17-51-18-16-44/h5-13,19,21-23H,14-18,20,24-25H2,1-4H3,(H,40,41,42)/b9-6+. The van der Waals surface area contributed by atoms with Crippen molar-refractivity contribution in [2.75, 3.05) is 81.2 Å². The SMILES string of the molecule is COc1cc(OC)c(Cl)c(N2Cc3cnc(Nc4ccc(N5CCOCC5)cc4)nc3N(Cc3cccc(CC(=O)/C=C/CN(C)C)c3)C2=O)c1. The first-order chi connectivity index (χ1) is 24.7. The number of nitrogens with one attached hydrogen (secondary N) is 1. The van der Waals surface area contributed by atoms with Gasteiger partial charge >= 0.3 is 6.03 Å². The molecule has 1 aromatic heterocycles. The molecular formula is C38H42ClN7O5. The topological polar surface area (TPSA) is 113 Å². The molecule has 0 radical (unpaired) electrons. The summed E-state index contributed by atoms with van der Waals surface area (Å²) in [6, 6.07) is 18.8. The lowest BCUT2D eigenvalue weighted by molar-refractivity contribution is -0.114. The van der Waals surface area contributed by atoms with Crippen LogP contribution in [-0.4, -0.2) is 87.8 Å². The third-order valence-electron chi connectivity index (χ3n) is 8.61. The number of rotatable bonds is 13. The van der Waals surface area contributed by atoms with Crippen molar-refractivity contribution in [1.29, 1.82) is 0 Å². The summed E-state index contributed by atoms with van der Waals surface area (Å²) in [7, 11) is 6.96. The van der Waals surface area contributed by atoms with Gasteiger partial charge in [-0.15, -0.1) is 0 Å². The third kappa shape index (κ3) is 8.59. The predicted molar refractivity (Wildman–Crippen MR) is 200 cm³/mol. The number of ketones is 1. The number of aromatic nitrogens is 2. The number of allylic oxidation sites excluding steroid dienone is 1. The summed E-state index contributed by atoms with van der Waals surface area (Å²) in [5, 5.41) is 3.58. The van der Waals surface area contributed by atoms with E-state index in [9.17, 15) is 9.59 Å². The van der Waals surface area contributed by atoms with E-state index in [1.807, 2.05) is 61.5 Å². The Balaban J connectivity index is 1.31. The van der Waals surface area contributed by atoms with E-state index in [-0.39, 0.29) is 36.3 Å². The number of ether oxygens (including phenoxy) is 3. The van der Waals surface area contributed by atoms with E-state index >= 15 is 0 Å². The molecule has 1 fully saturated rings. The number of methoxy groups -OCH3 is 2. The lowest BCUT2D eigenvalue weighted by Crippen LogP contribution is -2.47. The van der Waals surface area contributed by atoms with Gasteiger partial charge in [0.05, 0.1) is 46.2 Å². The third-order valence-corrected chi connectivity index (χ3v) is 8.99. The lowest BCUT2D eigenvalue weighted by atomic mass is 10.0. The van der Waals surface area contributed by atoms with Crippen LogP contribution in [0.1, 0.15) is 16.7 Å². The number of hydrogen-bond donors (Lipinski definition) is 1. The number of urea groups is 1. The molecule has 0 bridgehead atoms. The molecule has 0 spiro atoms. The molecule has 0 atom stereocenters. The Labute approximate surface area is 303 Å². The van der Waals surface area contributed by atoms with E-state index in [1.54, 1.807) is 41.3 Å². The van der Waals surface area contributed by atoms with Crippen molar-refractivity contribution < 1.29 is 23.8 Å². The molecule has 4 aromatic rings. The van der Waals surface area contributed by atoms with E-state index in [2.05, 4.69) is 27.3 Å². The summed E-state index contributed by atoms with van der Waals surface area (Å²) in [6.45, 7) is 4.16. The van der Waals surface area contributed by atoms with Gasteiger partial charge in [0.15, 0.2) is 5.78 Å². The number of likely N-dealkylation sites (N-methyl/N-ethyl adjacent to an activating group) is 1. The highest BCUT2D eigenvalue weighted by Crippen LogP contribution is 2.42. The highest BCUT2D eigenvalue weighted by atomic mass is 35.5. The highest BCUT2D eigenvalue weighted by molar-refractivity contribution is 6.35. The van der Waals surface area contributed by atoms with Crippen molar-refractivity contribution in [3.05, 3.63) is 101 Å². The van der Waals surface area contributed by atoms with Crippen molar-refractivity contribution >= 4 is 52.2 Å². The van der Waals surface area contributed by atoms with Crippen molar-refractivity contribution in [2.24, 2.45) is 0 Å². The van der Waals surface area contributed by atoms with Gasteiger partial charge in [-0.2, -0.15) is 4.98 Å². The van der Waals surface area contributed by atoms with Crippen LogP contribution in [0.5, 0.6) is 11.5 Å². The minimum atomic E-state index is -0.340. The summed E-state index contributed by atoms with van der Waals surface area (Å²) in [5.74, 6) is 1.69. The maximum absolute atomic E-state index is 14.5. The zero-order valence-electron chi connectivity index (χ0n) is 29.3. The summed E-state index contributed by atoms with van der Waals surface area (Å²) in [4.78, 5) is 44.1. The first-order valence-electron chi connectivity index (χ1n) is 16.7. The van der Waals surface area contributed by atoms with Crippen LogP contribution in [0.25, 0.3) is 0 Å². The van der Waals surface area contributed by atoms with Crippen molar-refractivity contribution in [3.63, 3.8) is 0 Å². The van der Waals surface area contributed by atoms with Gasteiger partial charge < -0.3 is 29.3 Å². The van der Waals surface area contributed by atoms with E-state index in [1.165, 1.54) is 7.11 Å². The summed E-state index contributed by atoms with van der Waals surface area (Å²) in [5.41, 5.74) is 4.76. The van der Waals surface area contributed by atoms with Crippen LogP contribution in [0.4, 0.5) is 33.6 Å². The fourth-order valence-electron chi connectivity index (χ4n) is 6.01. The molecule has 2 amide bonds. The van der Waals surface area contributed by atoms with E-state index < -0.39 is 0 Å². The lowest BCUT2D eigenvalue weighted by Gasteiger charge is -2.36. The second-order valence-electron chi connectivity index (χ2n) is 12.6. The number of carbonyl (C=O) groups is 2. The molecule has 6 rings (SSSR count). The van der Waals surface area contributed by atoms with Crippen LogP contribution in [0.15, 0.2) is 79.0 Å². The smallest absolute Gasteiger partial charge is 0.330 e. The molecule has 51 heavy (non-hydrogen) atoms. The molecule has 2 aliphatic heterocycles. The summed E-state index contributed by atoms with van der Waals surface area (Å²) >= 11 is 6.79. The Kier molecular flexibility index (Phi) is 11.3. The molecule has 1 N–H and O–H groups in total. The second kappa shape index (κ2) is 16.2. The molecule has 3 aromatic carbocycles. The number of carbonyl (C=O) groups excluding carboxylic acids is 2. The van der Waals surface area contributed by atoms with Crippen LogP contribution in [0.2, 0.25) is 5.02 Å². The number of nitrogens with zero attached hydrogens (tertiary/aromatic N) is 6. The van der Waals surface area contributed by atoms with Crippen LogP contribution < -0.4 is 29.5 Å². The molecule has 0 saturated carbocycles. The second-order valence-corrected chi connectivity index (χ2v) is 12.9. The van der Waals surface area contributed by atoms with Gasteiger partial charge in [0.2, 0.25) is 5.95 Å². The molecule has 3 heterocycles. The summed E-state index contributed by atoms with van der Waals surface area (Å²) < 4.78 is 16.5. The molecule has 13 heteroatoms. The van der Waals surface area contributed by atoms with Crippen molar-refractivity contribution in [1.82, 2.24) is 14.9 Å².